The fourth-order valence-electron chi connectivity index (χ4n) is 2.81. The standard InChI is InChI=1S/C22H29N5O2/c1-29-19-10-7-18(8-11-19)16-27(21(25)15-26-22(28)13-14-23)20(24)12-9-17-5-3-2-4-6-17/h2-8,10-11,24-25H,9,12-16,23H2,1H3,(H,26,28). The van der Waals surface area contributed by atoms with Crippen molar-refractivity contribution >= 4 is 17.6 Å². The van der Waals surface area contributed by atoms with Crippen molar-refractivity contribution in [2.24, 2.45) is 5.73 Å². The van der Waals surface area contributed by atoms with Gasteiger partial charge in [-0.15, -0.1) is 0 Å². The van der Waals surface area contributed by atoms with Gasteiger partial charge in [0.05, 0.1) is 20.2 Å². The molecule has 154 valence electrons. The summed E-state index contributed by atoms with van der Waals surface area (Å²) in [5, 5.41) is 19.7. The Morgan fingerprint density at radius 2 is 1.69 bits per heavy atom. The van der Waals surface area contributed by atoms with Crippen LogP contribution < -0.4 is 15.8 Å². The van der Waals surface area contributed by atoms with Crippen LogP contribution in [0.3, 0.4) is 0 Å². The Morgan fingerprint density at radius 1 is 1.00 bits per heavy atom. The number of aryl methyl sites for hydroxylation is 1. The molecule has 0 bridgehead atoms. The summed E-state index contributed by atoms with van der Waals surface area (Å²) >= 11 is 0. The summed E-state index contributed by atoms with van der Waals surface area (Å²) in [5.41, 5.74) is 7.49. The van der Waals surface area contributed by atoms with Gasteiger partial charge in [-0.3, -0.25) is 15.6 Å². The van der Waals surface area contributed by atoms with Crippen LogP contribution in [0.4, 0.5) is 0 Å². The van der Waals surface area contributed by atoms with E-state index >= 15 is 0 Å². The van der Waals surface area contributed by atoms with Gasteiger partial charge in [0.2, 0.25) is 5.91 Å². The van der Waals surface area contributed by atoms with E-state index < -0.39 is 0 Å². The monoisotopic (exact) mass is 395 g/mol. The summed E-state index contributed by atoms with van der Waals surface area (Å²) in [6.07, 6.45) is 1.43. The average Bonchev–Trinajstić information content (AvgIpc) is 2.75. The van der Waals surface area contributed by atoms with Crippen LogP contribution in [0.2, 0.25) is 0 Å². The second kappa shape index (κ2) is 11.6. The summed E-state index contributed by atoms with van der Waals surface area (Å²) in [5.74, 6) is 1.06. The van der Waals surface area contributed by atoms with E-state index in [2.05, 4.69) is 5.32 Å². The Bertz CT molecular complexity index is 806. The van der Waals surface area contributed by atoms with E-state index in [0.717, 1.165) is 16.9 Å². The first-order chi connectivity index (χ1) is 14.0. The highest BCUT2D eigenvalue weighted by Gasteiger charge is 2.17. The van der Waals surface area contributed by atoms with Gasteiger partial charge in [-0.1, -0.05) is 42.5 Å². The molecular formula is C22H29N5O2. The minimum Gasteiger partial charge on any atom is -0.497 e. The van der Waals surface area contributed by atoms with Gasteiger partial charge in [0, 0.05) is 19.4 Å². The van der Waals surface area contributed by atoms with E-state index in [0.29, 0.717) is 25.2 Å². The van der Waals surface area contributed by atoms with E-state index in [1.165, 1.54) is 0 Å². The number of carbonyl (C=O) groups is 1. The van der Waals surface area contributed by atoms with Crippen LogP contribution in [-0.4, -0.2) is 42.7 Å². The zero-order chi connectivity index (χ0) is 21.1. The number of hydrogen-bond acceptors (Lipinski definition) is 5. The Balaban J connectivity index is 2.06. The maximum Gasteiger partial charge on any atom is 0.221 e. The van der Waals surface area contributed by atoms with E-state index in [4.69, 9.17) is 21.3 Å². The lowest BCUT2D eigenvalue weighted by Crippen LogP contribution is -2.42. The van der Waals surface area contributed by atoms with Crippen LogP contribution in [0.25, 0.3) is 0 Å². The number of hydrogen-bond donors (Lipinski definition) is 4. The number of amides is 1. The molecule has 0 fully saturated rings. The third-order valence-electron chi connectivity index (χ3n) is 4.47. The van der Waals surface area contributed by atoms with Crippen molar-refractivity contribution in [2.75, 3.05) is 20.2 Å². The molecule has 0 aliphatic carbocycles. The Labute approximate surface area is 171 Å². The second-order valence-corrected chi connectivity index (χ2v) is 6.63. The molecule has 0 aromatic heterocycles. The summed E-state index contributed by atoms with van der Waals surface area (Å²) in [6.45, 7) is 0.702. The van der Waals surface area contributed by atoms with Crippen molar-refractivity contribution in [3.8, 4) is 5.75 Å². The highest BCUT2D eigenvalue weighted by Crippen LogP contribution is 2.14. The van der Waals surface area contributed by atoms with Crippen molar-refractivity contribution in [1.29, 1.82) is 10.8 Å². The summed E-state index contributed by atoms with van der Waals surface area (Å²) in [7, 11) is 1.61. The maximum absolute atomic E-state index is 11.7. The molecule has 0 unspecified atom stereocenters. The highest BCUT2D eigenvalue weighted by molar-refractivity contribution is 6.00. The van der Waals surface area contributed by atoms with E-state index in [9.17, 15) is 4.79 Å². The number of ether oxygens (including phenoxy) is 1. The molecule has 2 aromatic carbocycles. The van der Waals surface area contributed by atoms with Crippen LogP contribution in [-0.2, 0) is 17.8 Å². The number of carbonyl (C=O) groups excluding carboxylic acids is 1. The number of methoxy groups -OCH3 is 1. The molecule has 0 aliphatic heterocycles. The SMILES string of the molecule is COc1ccc(CN(C(=N)CCc2ccccc2)C(=N)CNC(=O)CCN)cc1. The fraction of sp³-hybridized carbons (Fsp3) is 0.318. The van der Waals surface area contributed by atoms with Gasteiger partial charge in [0.25, 0.3) is 0 Å². The van der Waals surface area contributed by atoms with E-state index in [-0.39, 0.29) is 31.3 Å². The Hall–Kier alpha value is -3.19. The Morgan fingerprint density at radius 3 is 2.31 bits per heavy atom. The Kier molecular flexibility index (Phi) is 8.85. The van der Waals surface area contributed by atoms with Gasteiger partial charge in [0.15, 0.2) is 0 Å². The van der Waals surface area contributed by atoms with Crippen LogP contribution >= 0.6 is 0 Å². The summed E-state index contributed by atoms with van der Waals surface area (Å²) < 4.78 is 5.19. The lowest BCUT2D eigenvalue weighted by Gasteiger charge is -2.26. The maximum atomic E-state index is 11.7. The van der Waals surface area contributed by atoms with Crippen LogP contribution in [0.15, 0.2) is 54.6 Å². The van der Waals surface area contributed by atoms with E-state index in [1.54, 1.807) is 12.0 Å². The minimum atomic E-state index is -0.197. The predicted octanol–water partition coefficient (Wildman–Crippen LogP) is 2.55. The van der Waals surface area contributed by atoms with Crippen molar-refractivity contribution < 1.29 is 9.53 Å². The minimum absolute atomic E-state index is 0.0582. The molecule has 0 aliphatic rings. The van der Waals surface area contributed by atoms with Gasteiger partial charge in [-0.05, 0) is 29.7 Å². The third kappa shape index (κ3) is 7.38. The number of nitrogens with two attached hydrogens (primary N) is 1. The molecule has 0 radical (unpaired) electrons. The molecular weight excluding hydrogens is 366 g/mol. The van der Waals surface area contributed by atoms with Crippen LogP contribution in [0, 0.1) is 10.8 Å². The van der Waals surface area contributed by atoms with Crippen LogP contribution in [0.5, 0.6) is 5.75 Å². The average molecular weight is 396 g/mol. The van der Waals surface area contributed by atoms with Crippen molar-refractivity contribution in [3.63, 3.8) is 0 Å². The zero-order valence-electron chi connectivity index (χ0n) is 16.8. The molecule has 5 N–H and O–H groups in total. The summed E-state index contributed by atoms with van der Waals surface area (Å²) in [4.78, 5) is 13.3. The first-order valence-corrected chi connectivity index (χ1v) is 9.59. The molecule has 2 aromatic rings. The third-order valence-corrected chi connectivity index (χ3v) is 4.47. The molecule has 2 rings (SSSR count). The van der Waals surface area contributed by atoms with Gasteiger partial charge in [0.1, 0.15) is 17.4 Å². The quantitative estimate of drug-likeness (QED) is 0.365. The fourth-order valence-corrected chi connectivity index (χ4v) is 2.81. The number of nitrogens with one attached hydrogen (secondary N) is 3. The van der Waals surface area contributed by atoms with Crippen molar-refractivity contribution in [3.05, 3.63) is 65.7 Å². The highest BCUT2D eigenvalue weighted by atomic mass is 16.5. The number of benzene rings is 2. The normalized spacial score (nSPS) is 10.3. The predicted molar refractivity (Wildman–Crippen MR) is 115 cm³/mol. The van der Waals surface area contributed by atoms with Gasteiger partial charge in [-0.2, -0.15) is 0 Å². The molecule has 0 spiro atoms. The van der Waals surface area contributed by atoms with E-state index in [1.807, 2.05) is 54.6 Å². The zero-order valence-corrected chi connectivity index (χ0v) is 16.8. The smallest absolute Gasteiger partial charge is 0.221 e. The first-order valence-electron chi connectivity index (χ1n) is 9.59. The second-order valence-electron chi connectivity index (χ2n) is 6.63. The molecule has 0 saturated heterocycles. The molecule has 7 nitrogen and oxygen atoms in total. The largest absolute Gasteiger partial charge is 0.497 e. The molecule has 0 saturated carbocycles. The van der Waals surface area contributed by atoms with Crippen LogP contribution in [0.1, 0.15) is 24.0 Å². The topological polar surface area (TPSA) is 115 Å². The number of nitrogens with zero attached hydrogens (tertiary/aromatic N) is 1. The van der Waals surface area contributed by atoms with Gasteiger partial charge < -0.3 is 20.7 Å². The number of amidine groups is 2. The molecule has 1 amide bonds. The molecule has 7 heteroatoms. The summed E-state index contributed by atoms with van der Waals surface area (Å²) in [6, 6.07) is 17.5. The molecule has 29 heavy (non-hydrogen) atoms. The molecule has 0 atom stereocenters. The van der Waals surface area contributed by atoms with Gasteiger partial charge >= 0.3 is 0 Å². The van der Waals surface area contributed by atoms with Crippen molar-refractivity contribution in [2.45, 2.75) is 25.8 Å². The van der Waals surface area contributed by atoms with Crippen molar-refractivity contribution in [1.82, 2.24) is 10.2 Å². The first kappa shape index (κ1) is 22.1. The number of rotatable bonds is 10. The van der Waals surface area contributed by atoms with Gasteiger partial charge in [-0.25, -0.2) is 0 Å². The lowest BCUT2D eigenvalue weighted by molar-refractivity contribution is -0.120. The lowest BCUT2D eigenvalue weighted by atomic mass is 10.1. The molecule has 0 heterocycles.